The lowest BCUT2D eigenvalue weighted by molar-refractivity contribution is -0.115. The van der Waals surface area contributed by atoms with Crippen molar-refractivity contribution in [3.63, 3.8) is 0 Å². The van der Waals surface area contributed by atoms with E-state index in [-0.39, 0.29) is 5.91 Å². The van der Waals surface area contributed by atoms with Gasteiger partial charge in [-0.2, -0.15) is 0 Å². The van der Waals surface area contributed by atoms with E-state index >= 15 is 0 Å². The molecular weight excluding hydrogens is 382 g/mol. The van der Waals surface area contributed by atoms with Gasteiger partial charge in [0, 0.05) is 14.3 Å². The minimum atomic E-state index is -0.0192. The number of carbonyl (C=O) groups excluding carboxylic acids is 1. The molecule has 0 aliphatic heterocycles. The molecule has 1 N–H and O–H groups in total. The molecule has 3 aromatic rings. The Hall–Kier alpha value is -2.04. The molecule has 120 valence electrons. The van der Waals surface area contributed by atoms with E-state index in [0.717, 1.165) is 25.5 Å². The molecule has 0 unspecified atom stereocenters. The van der Waals surface area contributed by atoms with Crippen molar-refractivity contribution in [2.45, 2.75) is 16.2 Å². The first-order valence-electron chi connectivity index (χ1n) is 7.57. The Morgan fingerprint density at radius 1 is 0.917 bits per heavy atom. The van der Waals surface area contributed by atoms with Gasteiger partial charge in [-0.25, -0.2) is 0 Å². The van der Waals surface area contributed by atoms with Crippen molar-refractivity contribution < 1.29 is 4.79 Å². The summed E-state index contributed by atoms with van der Waals surface area (Å²) in [5.41, 5.74) is 1.82. The van der Waals surface area contributed by atoms with Crippen LogP contribution in [-0.4, -0.2) is 5.91 Å². The fourth-order valence-electron chi connectivity index (χ4n) is 2.30. The van der Waals surface area contributed by atoms with E-state index in [1.165, 1.54) is 0 Å². The first-order valence-corrected chi connectivity index (χ1v) is 9.18. The molecule has 0 aliphatic carbocycles. The van der Waals surface area contributed by atoms with Crippen molar-refractivity contribution in [2.75, 3.05) is 5.32 Å². The van der Waals surface area contributed by atoms with E-state index in [9.17, 15) is 4.79 Å². The maximum atomic E-state index is 12.4. The quantitative estimate of drug-likeness (QED) is 0.590. The van der Waals surface area contributed by atoms with Crippen LogP contribution in [0.5, 0.6) is 0 Å². The van der Waals surface area contributed by atoms with Gasteiger partial charge in [0.2, 0.25) is 5.91 Å². The Morgan fingerprint density at radius 2 is 1.67 bits per heavy atom. The fourth-order valence-corrected chi connectivity index (χ4v) is 3.67. The predicted octanol–water partition coefficient (Wildman–Crippen LogP) is 5.78. The molecule has 0 saturated carbocycles. The van der Waals surface area contributed by atoms with E-state index in [4.69, 9.17) is 0 Å². The Labute approximate surface area is 154 Å². The standard InChI is InChI=1S/C20H16BrNOS/c21-16-8-6-7-15(13-16)14-20(23)22-18-11-4-5-12-19(18)24-17-9-2-1-3-10-17/h1-13H,14H2,(H,22,23). The van der Waals surface area contributed by atoms with Crippen LogP contribution in [0.2, 0.25) is 0 Å². The number of amides is 1. The number of benzene rings is 3. The minimum Gasteiger partial charge on any atom is -0.325 e. The number of anilines is 1. The number of carbonyl (C=O) groups is 1. The van der Waals surface area contributed by atoms with E-state index < -0.39 is 0 Å². The largest absolute Gasteiger partial charge is 0.325 e. The topological polar surface area (TPSA) is 29.1 Å². The number of hydrogen-bond acceptors (Lipinski definition) is 2. The number of rotatable bonds is 5. The molecule has 3 aromatic carbocycles. The lowest BCUT2D eigenvalue weighted by atomic mass is 10.1. The number of para-hydroxylation sites is 1. The third kappa shape index (κ3) is 4.73. The van der Waals surface area contributed by atoms with Gasteiger partial charge in [0.1, 0.15) is 0 Å². The van der Waals surface area contributed by atoms with Crippen molar-refractivity contribution in [1.29, 1.82) is 0 Å². The highest BCUT2D eigenvalue weighted by atomic mass is 79.9. The lowest BCUT2D eigenvalue weighted by Gasteiger charge is -2.11. The van der Waals surface area contributed by atoms with Gasteiger partial charge in [0.05, 0.1) is 12.1 Å². The first-order chi connectivity index (χ1) is 11.7. The van der Waals surface area contributed by atoms with Crippen molar-refractivity contribution in [1.82, 2.24) is 0 Å². The molecule has 3 rings (SSSR count). The van der Waals surface area contributed by atoms with Crippen LogP contribution in [0.4, 0.5) is 5.69 Å². The average Bonchev–Trinajstić information content (AvgIpc) is 2.57. The van der Waals surface area contributed by atoms with Crippen LogP contribution in [0.1, 0.15) is 5.56 Å². The molecule has 2 nitrogen and oxygen atoms in total. The average molecular weight is 398 g/mol. The normalized spacial score (nSPS) is 10.4. The van der Waals surface area contributed by atoms with Crippen molar-refractivity contribution in [3.8, 4) is 0 Å². The van der Waals surface area contributed by atoms with Crippen molar-refractivity contribution in [2.24, 2.45) is 0 Å². The molecule has 0 aliphatic rings. The van der Waals surface area contributed by atoms with Gasteiger partial charge in [0.25, 0.3) is 0 Å². The number of halogens is 1. The smallest absolute Gasteiger partial charge is 0.228 e. The van der Waals surface area contributed by atoms with Gasteiger partial charge >= 0.3 is 0 Å². The van der Waals surface area contributed by atoms with Crippen LogP contribution >= 0.6 is 27.7 Å². The second-order valence-electron chi connectivity index (χ2n) is 5.27. The summed E-state index contributed by atoms with van der Waals surface area (Å²) in [6, 6.07) is 25.8. The summed E-state index contributed by atoms with van der Waals surface area (Å²) in [6.07, 6.45) is 0.351. The molecule has 0 atom stereocenters. The third-order valence-corrected chi connectivity index (χ3v) is 4.96. The van der Waals surface area contributed by atoms with Crippen LogP contribution in [-0.2, 0) is 11.2 Å². The minimum absolute atomic E-state index is 0.0192. The second kappa shape index (κ2) is 8.18. The Bertz CT molecular complexity index is 836. The molecule has 24 heavy (non-hydrogen) atoms. The molecule has 0 saturated heterocycles. The van der Waals surface area contributed by atoms with Crippen molar-refractivity contribution in [3.05, 3.63) is 88.9 Å². The van der Waals surface area contributed by atoms with E-state index in [1.807, 2.05) is 66.7 Å². The maximum absolute atomic E-state index is 12.4. The Morgan fingerprint density at radius 3 is 2.46 bits per heavy atom. The Kier molecular flexibility index (Phi) is 5.72. The van der Waals surface area contributed by atoms with Crippen LogP contribution in [0.3, 0.4) is 0 Å². The summed E-state index contributed by atoms with van der Waals surface area (Å²) in [6.45, 7) is 0. The summed E-state index contributed by atoms with van der Waals surface area (Å²) in [5.74, 6) is -0.0192. The highest BCUT2D eigenvalue weighted by molar-refractivity contribution is 9.10. The van der Waals surface area contributed by atoms with Crippen LogP contribution < -0.4 is 5.32 Å². The van der Waals surface area contributed by atoms with E-state index in [0.29, 0.717) is 6.42 Å². The molecule has 1 amide bonds. The van der Waals surface area contributed by atoms with Gasteiger partial charge in [-0.15, -0.1) is 0 Å². The maximum Gasteiger partial charge on any atom is 0.228 e. The summed E-state index contributed by atoms with van der Waals surface area (Å²) in [7, 11) is 0. The van der Waals surface area contributed by atoms with Gasteiger partial charge in [-0.1, -0.05) is 70.2 Å². The van der Waals surface area contributed by atoms with E-state index in [1.54, 1.807) is 11.8 Å². The number of nitrogens with one attached hydrogen (secondary N) is 1. The van der Waals surface area contributed by atoms with Crippen LogP contribution in [0.25, 0.3) is 0 Å². The molecule has 0 spiro atoms. The molecule has 0 aromatic heterocycles. The zero-order chi connectivity index (χ0) is 16.8. The summed E-state index contributed by atoms with van der Waals surface area (Å²) < 4.78 is 0.979. The van der Waals surface area contributed by atoms with E-state index in [2.05, 4.69) is 33.4 Å². The first kappa shape index (κ1) is 16.8. The van der Waals surface area contributed by atoms with Crippen LogP contribution in [0, 0.1) is 0 Å². The molecule has 4 heteroatoms. The fraction of sp³-hybridized carbons (Fsp3) is 0.0500. The molecule has 0 fully saturated rings. The summed E-state index contributed by atoms with van der Waals surface area (Å²) in [5, 5.41) is 3.02. The van der Waals surface area contributed by atoms with Gasteiger partial charge in [0.15, 0.2) is 0 Å². The lowest BCUT2D eigenvalue weighted by Crippen LogP contribution is -2.14. The van der Waals surface area contributed by atoms with Crippen molar-refractivity contribution >= 4 is 39.3 Å². The molecular formula is C20H16BrNOS. The van der Waals surface area contributed by atoms with Crippen LogP contribution in [0.15, 0.2) is 93.1 Å². The highest BCUT2D eigenvalue weighted by Crippen LogP contribution is 2.33. The van der Waals surface area contributed by atoms with Gasteiger partial charge < -0.3 is 5.32 Å². The molecule has 0 bridgehead atoms. The van der Waals surface area contributed by atoms with Gasteiger partial charge in [-0.3, -0.25) is 4.79 Å². The van der Waals surface area contributed by atoms with Gasteiger partial charge in [-0.05, 0) is 42.0 Å². The highest BCUT2D eigenvalue weighted by Gasteiger charge is 2.09. The molecule has 0 radical (unpaired) electrons. The zero-order valence-electron chi connectivity index (χ0n) is 12.9. The summed E-state index contributed by atoms with van der Waals surface area (Å²) >= 11 is 5.08. The zero-order valence-corrected chi connectivity index (χ0v) is 15.3. The second-order valence-corrected chi connectivity index (χ2v) is 7.30. The predicted molar refractivity (Wildman–Crippen MR) is 103 cm³/mol. The summed E-state index contributed by atoms with van der Waals surface area (Å²) in [4.78, 5) is 14.5. The third-order valence-electron chi connectivity index (χ3n) is 3.39. The SMILES string of the molecule is O=C(Cc1cccc(Br)c1)Nc1ccccc1Sc1ccccc1. The Balaban J connectivity index is 1.72. The number of hydrogen-bond donors (Lipinski definition) is 1. The molecule has 0 heterocycles. The monoisotopic (exact) mass is 397 g/mol.